The molecule has 3 aliphatic rings. The number of pyridine rings is 1. The second-order valence-electron chi connectivity index (χ2n) is 18.0. The summed E-state index contributed by atoms with van der Waals surface area (Å²) < 4.78 is 43.6. The van der Waals surface area contributed by atoms with Crippen molar-refractivity contribution in [1.29, 1.82) is 0 Å². The number of imide groups is 1. The van der Waals surface area contributed by atoms with Gasteiger partial charge < -0.3 is 15.1 Å². The molecule has 0 saturated carbocycles. The fourth-order valence-electron chi connectivity index (χ4n) is 8.76. The number of halogens is 1. The molecule has 3 N–H and O–H groups in total. The van der Waals surface area contributed by atoms with Crippen molar-refractivity contribution in [2.24, 2.45) is 5.92 Å². The lowest BCUT2D eigenvalue weighted by Gasteiger charge is -2.33. The highest BCUT2D eigenvalue weighted by Gasteiger charge is 2.31. The summed E-state index contributed by atoms with van der Waals surface area (Å²) in [4.78, 5) is 48.5. The predicted octanol–water partition coefficient (Wildman–Crippen LogP) is 8.61. The fourth-order valence-corrected chi connectivity index (χ4v) is 11.0. The number of sulfonamides is 1. The molecule has 0 radical (unpaired) electrons. The van der Waals surface area contributed by atoms with Crippen LogP contribution in [0.1, 0.15) is 101 Å². The van der Waals surface area contributed by atoms with Gasteiger partial charge in [0.25, 0.3) is 0 Å². The number of carbonyl (C=O) groups excluding carboxylic acids is 2. The monoisotopic (exact) mass is 893 g/mol. The third-order valence-electron chi connectivity index (χ3n) is 12.2. The highest BCUT2D eigenvalue weighted by molar-refractivity contribution is 7.92. The van der Waals surface area contributed by atoms with Gasteiger partial charge in [0.2, 0.25) is 27.8 Å². The second-order valence-corrected chi connectivity index (χ2v) is 20.9. The highest BCUT2D eigenvalue weighted by Crippen LogP contribution is 2.42. The van der Waals surface area contributed by atoms with Crippen LogP contribution < -0.4 is 20.3 Å². The van der Waals surface area contributed by atoms with Crippen molar-refractivity contribution in [2.45, 2.75) is 89.9 Å². The van der Waals surface area contributed by atoms with Crippen LogP contribution in [0.4, 0.5) is 27.5 Å². The Bertz CT molecular complexity index is 2550. The molecule has 13 nitrogen and oxygen atoms in total. The van der Waals surface area contributed by atoms with E-state index in [0.29, 0.717) is 53.3 Å². The lowest BCUT2D eigenvalue weighted by molar-refractivity contribution is -0.134. The van der Waals surface area contributed by atoms with Crippen LogP contribution in [-0.4, -0.2) is 83.5 Å². The molecule has 332 valence electrons. The first kappa shape index (κ1) is 44.3. The summed E-state index contributed by atoms with van der Waals surface area (Å²) in [5.74, 6) is 0.851. The van der Waals surface area contributed by atoms with Crippen LogP contribution in [0.2, 0.25) is 0 Å². The third kappa shape index (κ3) is 10.6. The van der Waals surface area contributed by atoms with Gasteiger partial charge in [0.1, 0.15) is 5.82 Å². The minimum atomic E-state index is -3.71. The van der Waals surface area contributed by atoms with Gasteiger partial charge in [-0.2, -0.15) is 0 Å². The Morgan fingerprint density at radius 3 is 2.49 bits per heavy atom. The number of benzene rings is 2. The highest BCUT2D eigenvalue weighted by atomic mass is 32.2. The molecule has 63 heavy (non-hydrogen) atoms. The van der Waals surface area contributed by atoms with E-state index < -0.39 is 15.8 Å². The van der Waals surface area contributed by atoms with Gasteiger partial charge in [0, 0.05) is 48.6 Å². The van der Waals surface area contributed by atoms with Gasteiger partial charge in [-0.15, -0.1) is 11.3 Å². The van der Waals surface area contributed by atoms with Crippen LogP contribution in [0.5, 0.6) is 0 Å². The summed E-state index contributed by atoms with van der Waals surface area (Å²) in [6, 6.07) is 18.9. The van der Waals surface area contributed by atoms with E-state index in [4.69, 9.17) is 15.0 Å². The number of nitrogens with zero attached hydrogens (tertiary/aromatic N) is 6. The van der Waals surface area contributed by atoms with Crippen LogP contribution >= 0.6 is 11.3 Å². The smallest absolute Gasteiger partial charge is 0.234 e. The van der Waals surface area contributed by atoms with Crippen molar-refractivity contribution in [3.05, 3.63) is 95.0 Å². The molecule has 8 rings (SSSR count). The molecule has 16 heteroatoms. The molecule has 0 bridgehead atoms. The first-order valence-corrected chi connectivity index (χ1v) is 24.5. The second kappa shape index (κ2) is 18.8. The first-order valence-electron chi connectivity index (χ1n) is 22.0. The summed E-state index contributed by atoms with van der Waals surface area (Å²) in [5, 5.41) is 6.65. The Balaban J connectivity index is 0.872. The van der Waals surface area contributed by atoms with Crippen molar-refractivity contribution < 1.29 is 22.4 Å². The van der Waals surface area contributed by atoms with Crippen LogP contribution in [0.15, 0.2) is 73.1 Å². The normalized spacial score (nSPS) is 19.0. The van der Waals surface area contributed by atoms with Gasteiger partial charge in [0.05, 0.1) is 38.6 Å². The molecule has 3 aliphatic heterocycles. The van der Waals surface area contributed by atoms with Crippen LogP contribution in [0, 0.1) is 11.7 Å². The van der Waals surface area contributed by atoms with Gasteiger partial charge in [-0.3, -0.25) is 19.6 Å². The Kier molecular flexibility index (Phi) is 13.2. The maximum atomic E-state index is 16.1. The number of rotatable bonds is 14. The zero-order valence-corrected chi connectivity index (χ0v) is 38.0. The number of amides is 2. The molecule has 2 aromatic carbocycles. The third-order valence-corrected chi connectivity index (χ3v) is 15.2. The summed E-state index contributed by atoms with van der Waals surface area (Å²) in [7, 11) is -3.71. The van der Waals surface area contributed by atoms with Gasteiger partial charge in [-0.25, -0.2) is 32.7 Å². The Labute approximate surface area is 373 Å². The molecule has 6 heterocycles. The van der Waals surface area contributed by atoms with Crippen molar-refractivity contribution in [3.63, 3.8) is 0 Å². The Morgan fingerprint density at radius 1 is 0.937 bits per heavy atom. The Hall–Kier alpha value is -5.32. The SMILES string of the molecule is CCCS(=O)(=O)Nc1cccc(-c2nc(C(C)(C)C)sc2-c2ccnc(Nc3cccc(C4CCN(CC[C@@H]5CCN(c6ccc(C7CCC(=O)NC7=O)cn6)C5)CC4)c3)n2)c1F. The minimum Gasteiger partial charge on any atom is -0.356 e. The number of nitrogens with one attached hydrogen (secondary N) is 3. The van der Waals surface area contributed by atoms with E-state index in [2.05, 4.69) is 48.3 Å². The predicted molar refractivity (Wildman–Crippen MR) is 247 cm³/mol. The quantitative estimate of drug-likeness (QED) is 0.0916. The summed E-state index contributed by atoms with van der Waals surface area (Å²) in [5.41, 5.74) is 3.76. The number of anilines is 4. The lowest BCUT2D eigenvalue weighted by atomic mass is 9.89. The van der Waals surface area contributed by atoms with Crippen molar-refractivity contribution in [1.82, 2.24) is 30.2 Å². The molecule has 2 amide bonds. The average molecular weight is 894 g/mol. The molecule has 5 aromatic rings. The van der Waals surface area contributed by atoms with E-state index in [0.717, 1.165) is 80.5 Å². The molecule has 0 aliphatic carbocycles. The Morgan fingerprint density at radius 2 is 1.75 bits per heavy atom. The number of piperidine rings is 2. The number of aromatic nitrogens is 4. The van der Waals surface area contributed by atoms with Crippen molar-refractivity contribution in [3.8, 4) is 21.8 Å². The zero-order chi connectivity index (χ0) is 44.3. The van der Waals surface area contributed by atoms with Crippen molar-refractivity contribution in [2.75, 3.05) is 53.4 Å². The van der Waals surface area contributed by atoms with E-state index in [1.807, 2.05) is 39.0 Å². The lowest BCUT2D eigenvalue weighted by Crippen LogP contribution is -2.39. The molecule has 3 aromatic heterocycles. The minimum absolute atomic E-state index is 0.109. The number of likely N-dealkylation sites (tertiary alicyclic amines) is 1. The van der Waals surface area contributed by atoms with Gasteiger partial charge in [-0.1, -0.05) is 52.0 Å². The number of hydrogen-bond acceptors (Lipinski definition) is 12. The zero-order valence-electron chi connectivity index (χ0n) is 36.4. The van der Waals surface area contributed by atoms with E-state index in [1.54, 1.807) is 37.5 Å². The van der Waals surface area contributed by atoms with E-state index >= 15 is 4.39 Å². The van der Waals surface area contributed by atoms with Crippen LogP contribution in [-0.2, 0) is 25.0 Å². The molecule has 3 fully saturated rings. The number of thiazole rings is 1. The van der Waals surface area contributed by atoms with E-state index in [1.165, 1.54) is 23.0 Å². The van der Waals surface area contributed by atoms with Gasteiger partial charge in [-0.05, 0) is 118 Å². The molecule has 0 spiro atoms. The summed E-state index contributed by atoms with van der Waals surface area (Å²) in [6.07, 6.45) is 9.22. The van der Waals surface area contributed by atoms with E-state index in [-0.39, 0.29) is 40.2 Å². The molecule has 1 unspecified atom stereocenters. The largest absolute Gasteiger partial charge is 0.356 e. The van der Waals surface area contributed by atoms with Crippen LogP contribution in [0.3, 0.4) is 0 Å². The maximum absolute atomic E-state index is 16.1. The molecule has 2 atom stereocenters. The number of carbonyl (C=O) groups is 2. The molecular weight excluding hydrogens is 838 g/mol. The fraction of sp³-hybridized carbons (Fsp3) is 0.447. The van der Waals surface area contributed by atoms with Crippen molar-refractivity contribution >= 4 is 56.3 Å². The topological polar surface area (TPSA) is 162 Å². The number of hydrogen-bond donors (Lipinski definition) is 3. The van der Waals surface area contributed by atoms with E-state index in [9.17, 15) is 18.0 Å². The maximum Gasteiger partial charge on any atom is 0.234 e. The van der Waals surface area contributed by atoms with Crippen LogP contribution in [0.25, 0.3) is 21.8 Å². The molecule has 3 saturated heterocycles. The van der Waals surface area contributed by atoms with Gasteiger partial charge >= 0.3 is 0 Å². The summed E-state index contributed by atoms with van der Waals surface area (Å²) >= 11 is 1.44. The van der Waals surface area contributed by atoms with Gasteiger partial charge in [0.15, 0.2) is 5.82 Å². The molecular formula is C47H56FN9O4S2. The first-order chi connectivity index (χ1) is 30.2. The standard InChI is InChI=1S/C47H56FN9O4S2/c1-5-26-63(60,61)55-37-11-7-10-36(41(37)48)42-43(62-45(54-42)47(2,3)4)38-16-21-49-46(52-38)51-34-9-6-8-32(27-34)31-19-23-56(24-20-31)22-17-30-18-25-57(29-30)39-14-12-33(28-50-39)35-13-15-40(58)53-44(35)59/h6-12,14,16,21,27-28,30-31,35,55H,5,13,15,17-20,22-26,29H2,1-4H3,(H,49,51,52)(H,53,58,59)/t30-,35?/m1/s1. The summed E-state index contributed by atoms with van der Waals surface area (Å²) in [6.45, 7) is 13.0. The average Bonchev–Trinajstić information content (AvgIpc) is 3.93.